The van der Waals surface area contributed by atoms with Crippen molar-refractivity contribution < 1.29 is 13.2 Å². The molecule has 1 saturated carbocycles. The first-order valence-electron chi connectivity index (χ1n) is 8.96. The highest BCUT2D eigenvalue weighted by Gasteiger charge is 2.41. The van der Waals surface area contributed by atoms with Gasteiger partial charge in [-0.15, -0.1) is 4.37 Å². The monoisotopic (exact) mass is 314 g/mol. The molecule has 2 heterocycles. The molecule has 1 aliphatic carbocycles. The van der Waals surface area contributed by atoms with Gasteiger partial charge in [-0.05, 0) is 51.1 Å². The van der Waals surface area contributed by atoms with Crippen LogP contribution in [-0.2, 0) is 0 Å². The van der Waals surface area contributed by atoms with Gasteiger partial charge in [0.05, 0.1) is 18.3 Å². The Balaban J connectivity index is 1.52. The van der Waals surface area contributed by atoms with Crippen LogP contribution >= 0.6 is 11.7 Å². The fourth-order valence-electron chi connectivity index (χ4n) is 2.49. The molecule has 0 bridgehead atoms. The van der Waals surface area contributed by atoms with Crippen LogP contribution in [0.1, 0.15) is 48.3 Å². The van der Waals surface area contributed by atoms with Crippen molar-refractivity contribution in [3.63, 3.8) is 0 Å². The summed E-state index contributed by atoms with van der Waals surface area (Å²) in [4.78, 5) is 1.46. The second-order valence-corrected chi connectivity index (χ2v) is 6.34. The minimum Gasteiger partial charge on any atom is -0.475 e. The largest absolute Gasteiger partial charge is 0.475 e. The second-order valence-electron chi connectivity index (χ2n) is 5.81. The van der Waals surface area contributed by atoms with E-state index >= 15 is 0 Å². The Morgan fingerprint density at radius 2 is 2.38 bits per heavy atom. The fourth-order valence-corrected chi connectivity index (χ4v) is 3.02. The van der Waals surface area contributed by atoms with Gasteiger partial charge in [-0.3, -0.25) is 0 Å². The van der Waals surface area contributed by atoms with E-state index in [4.69, 9.17) is 8.85 Å². The average Bonchev–Trinajstić information content (AvgIpc) is 3.09. The zero-order chi connectivity index (χ0) is 17.2. The normalized spacial score (nSPS) is 23.9. The van der Waals surface area contributed by atoms with Gasteiger partial charge in [0, 0.05) is 17.2 Å². The van der Waals surface area contributed by atoms with E-state index < -0.39 is 12.6 Å². The topological polar surface area (TPSA) is 38.2 Å². The highest BCUT2D eigenvalue weighted by Crippen LogP contribution is 2.43. The lowest BCUT2D eigenvalue weighted by atomic mass is 10.1. The summed E-state index contributed by atoms with van der Waals surface area (Å²) >= 11 is 1.06. The molecule has 0 atom stereocenters. The minimum absolute atomic E-state index is 0.322. The Hall–Kier alpha value is -1.01. The van der Waals surface area contributed by atoms with Crippen LogP contribution in [0.2, 0.25) is 0 Å². The van der Waals surface area contributed by atoms with Gasteiger partial charge in [-0.1, -0.05) is 6.08 Å². The van der Waals surface area contributed by atoms with Gasteiger partial charge in [-0.2, -0.15) is 4.37 Å². The number of aromatic nitrogens is 2. The standard InChI is InChI=1S/C15H22FN3OS/c1-19-9-4-5-12(11-19)13-14(18-21-17-13)20-10-3-2-6-15(16)7-8-15/h5H,2-4,6-11H2,1H3/i1D3. The summed E-state index contributed by atoms with van der Waals surface area (Å²) in [7, 11) is 0. The van der Waals surface area contributed by atoms with E-state index in [1.165, 1.54) is 4.90 Å². The van der Waals surface area contributed by atoms with Gasteiger partial charge in [0.2, 0.25) is 0 Å². The second kappa shape index (κ2) is 6.40. The number of rotatable bonds is 7. The molecule has 2 aliphatic rings. The van der Waals surface area contributed by atoms with E-state index in [1.807, 2.05) is 6.08 Å². The Morgan fingerprint density at radius 1 is 1.48 bits per heavy atom. The Bertz CT molecular complexity index is 601. The highest BCUT2D eigenvalue weighted by molar-refractivity contribution is 6.99. The number of ether oxygens (including phenoxy) is 1. The summed E-state index contributed by atoms with van der Waals surface area (Å²) in [6.07, 6.45) is 6.26. The minimum atomic E-state index is -2.10. The maximum absolute atomic E-state index is 13.5. The third-order valence-corrected chi connectivity index (χ3v) is 4.48. The van der Waals surface area contributed by atoms with E-state index in [0.717, 1.165) is 30.1 Å². The number of halogens is 1. The third-order valence-electron chi connectivity index (χ3n) is 3.96. The third kappa shape index (κ3) is 4.01. The molecule has 0 unspecified atom stereocenters. The van der Waals surface area contributed by atoms with Crippen LogP contribution in [0.5, 0.6) is 5.88 Å². The van der Waals surface area contributed by atoms with Crippen LogP contribution in [0.15, 0.2) is 6.08 Å². The molecule has 0 radical (unpaired) electrons. The molecule has 21 heavy (non-hydrogen) atoms. The lowest BCUT2D eigenvalue weighted by Crippen LogP contribution is -2.25. The molecule has 0 N–H and O–H groups in total. The average molecular weight is 314 g/mol. The molecular weight excluding hydrogens is 289 g/mol. The van der Waals surface area contributed by atoms with E-state index in [9.17, 15) is 4.39 Å². The van der Waals surface area contributed by atoms with Crippen LogP contribution in [0.25, 0.3) is 5.57 Å². The first kappa shape index (κ1) is 11.5. The van der Waals surface area contributed by atoms with Gasteiger partial charge in [0.15, 0.2) is 0 Å². The van der Waals surface area contributed by atoms with Crippen molar-refractivity contribution in [2.24, 2.45) is 0 Å². The maximum Gasteiger partial charge on any atom is 0.253 e. The number of alkyl halides is 1. The van der Waals surface area contributed by atoms with E-state index in [0.29, 0.717) is 57.0 Å². The molecule has 6 heteroatoms. The zero-order valence-corrected chi connectivity index (χ0v) is 12.8. The van der Waals surface area contributed by atoms with E-state index in [1.54, 1.807) is 0 Å². The summed E-state index contributed by atoms with van der Waals surface area (Å²) in [5.41, 5.74) is 0.582. The van der Waals surface area contributed by atoms with Gasteiger partial charge < -0.3 is 9.64 Å². The van der Waals surface area contributed by atoms with Crippen molar-refractivity contribution in [1.82, 2.24) is 13.6 Å². The van der Waals surface area contributed by atoms with Crippen LogP contribution in [0.4, 0.5) is 4.39 Å². The molecule has 0 spiro atoms. The van der Waals surface area contributed by atoms with E-state index in [2.05, 4.69) is 8.75 Å². The van der Waals surface area contributed by atoms with E-state index in [-0.39, 0.29) is 0 Å². The van der Waals surface area contributed by atoms with Gasteiger partial charge in [0.25, 0.3) is 5.88 Å². The number of unbranched alkanes of at least 4 members (excludes halogenated alkanes) is 1. The summed E-state index contributed by atoms with van der Waals surface area (Å²) in [5.74, 6) is 0.458. The fraction of sp³-hybridized carbons (Fsp3) is 0.733. The molecule has 1 fully saturated rings. The van der Waals surface area contributed by atoms with Crippen molar-refractivity contribution in [2.45, 2.75) is 44.2 Å². The van der Waals surface area contributed by atoms with Crippen molar-refractivity contribution in [1.29, 1.82) is 0 Å². The first-order valence-corrected chi connectivity index (χ1v) is 8.19. The summed E-state index contributed by atoms with van der Waals surface area (Å²) < 4.78 is 50.3. The molecule has 0 saturated heterocycles. The molecule has 116 valence electrons. The van der Waals surface area contributed by atoms with Gasteiger partial charge >= 0.3 is 0 Å². The van der Waals surface area contributed by atoms with Gasteiger partial charge in [0.1, 0.15) is 11.4 Å². The molecular formula is C15H22FN3OS. The number of likely N-dealkylation sites (N-methyl/N-ethyl adjacent to an activating group) is 1. The van der Waals surface area contributed by atoms with Crippen molar-refractivity contribution in [3.05, 3.63) is 11.8 Å². The highest BCUT2D eigenvalue weighted by atomic mass is 32.1. The number of hydrogen-bond donors (Lipinski definition) is 0. The lowest BCUT2D eigenvalue weighted by molar-refractivity contribution is 0.256. The smallest absolute Gasteiger partial charge is 0.253 e. The predicted molar refractivity (Wildman–Crippen MR) is 82.4 cm³/mol. The van der Waals surface area contributed by atoms with Crippen LogP contribution in [0.3, 0.4) is 0 Å². The van der Waals surface area contributed by atoms with Gasteiger partial charge in [-0.25, -0.2) is 4.39 Å². The van der Waals surface area contributed by atoms with Crippen molar-refractivity contribution in [3.8, 4) is 5.88 Å². The molecule has 3 rings (SSSR count). The Labute approximate surface area is 133 Å². The molecule has 0 amide bonds. The Kier molecular flexibility index (Phi) is 3.52. The SMILES string of the molecule is [2H]C([2H])([2H])N1CCC=C(c2nsnc2OCCCCC2(F)CC2)C1. The summed E-state index contributed by atoms with van der Waals surface area (Å²) in [6, 6.07) is 0. The summed E-state index contributed by atoms with van der Waals surface area (Å²) in [5, 5.41) is 0. The maximum atomic E-state index is 13.5. The molecule has 1 aliphatic heterocycles. The molecule has 1 aromatic rings. The molecule has 4 nitrogen and oxygen atoms in total. The predicted octanol–water partition coefficient (Wildman–Crippen LogP) is 3.31. The van der Waals surface area contributed by atoms with Crippen LogP contribution in [0, 0.1) is 0 Å². The summed E-state index contributed by atoms with van der Waals surface area (Å²) in [6.45, 7) is -0.790. The van der Waals surface area contributed by atoms with Crippen molar-refractivity contribution in [2.75, 3.05) is 26.7 Å². The number of nitrogens with zero attached hydrogens (tertiary/aromatic N) is 3. The quantitative estimate of drug-likeness (QED) is 0.724. The molecule has 0 aromatic carbocycles. The van der Waals surface area contributed by atoms with Crippen LogP contribution < -0.4 is 4.74 Å². The Morgan fingerprint density at radius 3 is 3.19 bits per heavy atom. The van der Waals surface area contributed by atoms with Crippen LogP contribution in [-0.4, -0.2) is 46.0 Å². The molecule has 1 aromatic heterocycles. The first-order chi connectivity index (χ1) is 11.4. The number of hydrogen-bond acceptors (Lipinski definition) is 5. The zero-order valence-electron chi connectivity index (χ0n) is 15.0. The van der Waals surface area contributed by atoms with Crippen molar-refractivity contribution >= 4 is 17.3 Å². The lowest BCUT2D eigenvalue weighted by Gasteiger charge is -2.22.